The summed E-state index contributed by atoms with van der Waals surface area (Å²) < 4.78 is 0. The van der Waals surface area contributed by atoms with Gasteiger partial charge in [-0.2, -0.15) is 0 Å². The Hall–Kier alpha value is -3.53. The van der Waals surface area contributed by atoms with Gasteiger partial charge in [0.1, 0.15) is 0 Å². The highest BCUT2D eigenvalue weighted by molar-refractivity contribution is 5.92. The third-order valence-corrected chi connectivity index (χ3v) is 5.32. The zero-order valence-corrected chi connectivity index (χ0v) is 17.5. The summed E-state index contributed by atoms with van der Waals surface area (Å²) in [4.78, 5) is 11.0. The van der Waals surface area contributed by atoms with Gasteiger partial charge in [-0.1, -0.05) is 69.0 Å². The molecule has 0 aliphatic carbocycles. The van der Waals surface area contributed by atoms with E-state index in [1.807, 2.05) is 60.8 Å². The van der Waals surface area contributed by atoms with E-state index < -0.39 is 5.97 Å². The van der Waals surface area contributed by atoms with Crippen LogP contribution in [0, 0.1) is 0 Å². The van der Waals surface area contributed by atoms with Crippen molar-refractivity contribution in [1.82, 2.24) is 0 Å². The van der Waals surface area contributed by atoms with Crippen LogP contribution in [0.3, 0.4) is 0 Å². The van der Waals surface area contributed by atoms with E-state index in [2.05, 4.69) is 49.3 Å². The minimum absolute atomic E-state index is 0.0640. The van der Waals surface area contributed by atoms with E-state index in [-0.39, 0.29) is 11.8 Å². The van der Waals surface area contributed by atoms with Gasteiger partial charge < -0.3 is 15.7 Å². The smallest absolute Gasteiger partial charge is 0.305 e. The molecule has 0 aliphatic rings. The van der Waals surface area contributed by atoms with Crippen LogP contribution in [0.5, 0.6) is 0 Å². The Morgan fingerprint density at radius 2 is 1.73 bits per heavy atom. The molecule has 0 amide bonds. The summed E-state index contributed by atoms with van der Waals surface area (Å²) in [5, 5.41) is 17.9. The number of hydrogen-bond acceptors (Lipinski definition) is 3. The predicted molar refractivity (Wildman–Crippen MR) is 126 cm³/mol. The lowest BCUT2D eigenvalue weighted by Gasteiger charge is -2.31. The van der Waals surface area contributed by atoms with Crippen molar-refractivity contribution in [3.8, 4) is 0 Å². The number of allylic oxidation sites excluding steroid dienone is 2. The zero-order valence-electron chi connectivity index (χ0n) is 17.5. The third kappa shape index (κ3) is 4.90. The Labute approximate surface area is 177 Å². The van der Waals surface area contributed by atoms with E-state index in [1.165, 1.54) is 0 Å². The maximum atomic E-state index is 11.0. The topological polar surface area (TPSA) is 61.4 Å². The largest absolute Gasteiger partial charge is 0.481 e. The highest BCUT2D eigenvalue weighted by atomic mass is 16.4. The molecular formula is C26H28N2O2. The number of para-hydroxylation sites is 1. The first-order valence-corrected chi connectivity index (χ1v) is 10.0. The average Bonchev–Trinajstić information content (AvgIpc) is 2.73. The first-order chi connectivity index (χ1) is 14.4. The van der Waals surface area contributed by atoms with Crippen LogP contribution >= 0.6 is 0 Å². The standard InChI is InChI=1S/C26H28N2O2/c1-19(15-17-27-21-10-5-4-6-11-21)26(2,3)25-22-12-8-7-9-20(22)13-14-23(25)28-18-16-24(29)30/h4-15,17,27-28H,1,16,18H2,2-3H3,(H,29,30). The minimum Gasteiger partial charge on any atom is -0.481 e. The minimum atomic E-state index is -0.816. The summed E-state index contributed by atoms with van der Waals surface area (Å²) in [6, 6.07) is 22.3. The fourth-order valence-corrected chi connectivity index (χ4v) is 3.54. The molecule has 4 heteroatoms. The van der Waals surface area contributed by atoms with Gasteiger partial charge in [0, 0.05) is 29.5 Å². The number of nitrogens with one attached hydrogen (secondary N) is 2. The number of carboxylic acids is 1. The second-order valence-electron chi connectivity index (χ2n) is 7.77. The number of hydrogen-bond donors (Lipinski definition) is 3. The van der Waals surface area contributed by atoms with Gasteiger partial charge in [-0.15, -0.1) is 0 Å². The number of carbonyl (C=O) groups is 1. The highest BCUT2D eigenvalue weighted by Crippen LogP contribution is 2.40. The summed E-state index contributed by atoms with van der Waals surface area (Å²) in [6.45, 7) is 9.00. The number of anilines is 2. The molecule has 3 rings (SSSR count). The molecule has 4 nitrogen and oxygen atoms in total. The van der Waals surface area contributed by atoms with Crippen molar-refractivity contribution in [2.45, 2.75) is 25.7 Å². The van der Waals surface area contributed by atoms with Crippen molar-refractivity contribution < 1.29 is 9.90 Å². The van der Waals surface area contributed by atoms with Gasteiger partial charge in [-0.3, -0.25) is 4.79 Å². The Kier molecular flexibility index (Phi) is 6.58. The Bertz CT molecular complexity index is 1070. The first-order valence-electron chi connectivity index (χ1n) is 10.0. The third-order valence-electron chi connectivity index (χ3n) is 5.32. The van der Waals surface area contributed by atoms with E-state index in [1.54, 1.807) is 0 Å². The lowest BCUT2D eigenvalue weighted by Crippen LogP contribution is -2.22. The van der Waals surface area contributed by atoms with Gasteiger partial charge in [0.25, 0.3) is 0 Å². The molecule has 3 N–H and O–H groups in total. The SMILES string of the molecule is C=C(C=CNc1ccccc1)C(C)(C)c1c(NCCC(=O)O)ccc2ccccc12. The van der Waals surface area contributed by atoms with E-state index >= 15 is 0 Å². The molecule has 0 saturated heterocycles. The van der Waals surface area contributed by atoms with Crippen molar-refractivity contribution in [2.75, 3.05) is 17.2 Å². The molecular weight excluding hydrogens is 372 g/mol. The molecule has 0 unspecified atom stereocenters. The molecule has 30 heavy (non-hydrogen) atoms. The van der Waals surface area contributed by atoms with Crippen molar-refractivity contribution in [3.05, 3.63) is 96.7 Å². The number of rotatable bonds is 9. The van der Waals surface area contributed by atoms with Crippen LogP contribution in [0.1, 0.15) is 25.8 Å². The maximum Gasteiger partial charge on any atom is 0.305 e. The number of benzene rings is 3. The molecule has 0 heterocycles. The van der Waals surface area contributed by atoms with Crippen molar-refractivity contribution in [3.63, 3.8) is 0 Å². The lowest BCUT2D eigenvalue weighted by atomic mass is 9.75. The molecule has 0 aromatic heterocycles. The maximum absolute atomic E-state index is 11.0. The van der Waals surface area contributed by atoms with Crippen LogP contribution in [-0.4, -0.2) is 17.6 Å². The van der Waals surface area contributed by atoms with Gasteiger partial charge in [-0.25, -0.2) is 0 Å². The fourth-order valence-electron chi connectivity index (χ4n) is 3.54. The van der Waals surface area contributed by atoms with Crippen molar-refractivity contribution in [2.24, 2.45) is 0 Å². The molecule has 154 valence electrons. The van der Waals surface area contributed by atoms with Gasteiger partial charge in [0.2, 0.25) is 0 Å². The molecule has 0 atom stereocenters. The normalized spacial score (nSPS) is 11.5. The van der Waals surface area contributed by atoms with Gasteiger partial charge in [0.05, 0.1) is 6.42 Å². The molecule has 0 bridgehead atoms. The number of aliphatic carboxylic acids is 1. The monoisotopic (exact) mass is 400 g/mol. The van der Waals surface area contributed by atoms with E-state index in [4.69, 9.17) is 5.11 Å². The summed E-state index contributed by atoms with van der Waals surface area (Å²) in [7, 11) is 0. The van der Waals surface area contributed by atoms with Crippen LogP contribution in [-0.2, 0) is 10.2 Å². The highest BCUT2D eigenvalue weighted by Gasteiger charge is 2.28. The summed E-state index contributed by atoms with van der Waals surface area (Å²) >= 11 is 0. The Morgan fingerprint density at radius 1 is 1.03 bits per heavy atom. The summed E-state index contributed by atoms with van der Waals surface area (Å²) in [6.07, 6.45) is 3.96. The fraction of sp³-hybridized carbons (Fsp3) is 0.192. The van der Waals surface area contributed by atoms with Crippen LogP contribution in [0.2, 0.25) is 0 Å². The second-order valence-corrected chi connectivity index (χ2v) is 7.77. The predicted octanol–water partition coefficient (Wildman–Crippen LogP) is 6.19. The van der Waals surface area contributed by atoms with E-state index in [0.717, 1.165) is 33.3 Å². The van der Waals surface area contributed by atoms with Crippen molar-refractivity contribution in [1.29, 1.82) is 0 Å². The molecule has 3 aromatic carbocycles. The molecule has 3 aromatic rings. The summed E-state index contributed by atoms with van der Waals surface area (Å²) in [5.41, 5.74) is 3.64. The van der Waals surface area contributed by atoms with Gasteiger partial charge >= 0.3 is 5.97 Å². The average molecular weight is 401 g/mol. The Morgan fingerprint density at radius 3 is 2.47 bits per heavy atom. The lowest BCUT2D eigenvalue weighted by molar-refractivity contribution is -0.136. The molecule has 0 aliphatic heterocycles. The van der Waals surface area contributed by atoms with Gasteiger partial charge in [-0.05, 0) is 46.2 Å². The van der Waals surface area contributed by atoms with Crippen LogP contribution < -0.4 is 10.6 Å². The molecule has 0 spiro atoms. The van der Waals surface area contributed by atoms with Gasteiger partial charge in [0.15, 0.2) is 0 Å². The van der Waals surface area contributed by atoms with E-state index in [0.29, 0.717) is 6.54 Å². The molecule has 0 saturated carbocycles. The molecule has 0 radical (unpaired) electrons. The number of fused-ring (bicyclic) bond motifs is 1. The van der Waals surface area contributed by atoms with Crippen LogP contribution in [0.4, 0.5) is 11.4 Å². The summed E-state index contributed by atoms with van der Waals surface area (Å²) in [5.74, 6) is -0.816. The second kappa shape index (κ2) is 9.31. The van der Waals surface area contributed by atoms with E-state index in [9.17, 15) is 4.79 Å². The first kappa shape index (κ1) is 21.2. The van der Waals surface area contributed by atoms with Crippen LogP contribution in [0.15, 0.2) is 91.2 Å². The van der Waals surface area contributed by atoms with Crippen LogP contribution in [0.25, 0.3) is 10.8 Å². The molecule has 0 fully saturated rings. The zero-order chi connectivity index (χ0) is 21.6. The quantitative estimate of drug-likeness (QED) is 0.375. The number of carboxylic acid groups (broad SMARTS) is 1. The Balaban J connectivity index is 1.92. The van der Waals surface area contributed by atoms with Crippen molar-refractivity contribution >= 4 is 28.1 Å².